The third-order valence-corrected chi connectivity index (χ3v) is 4.37. The van der Waals surface area contributed by atoms with Crippen molar-refractivity contribution < 1.29 is 33.3 Å². The molecule has 32 heavy (non-hydrogen) atoms. The Bertz CT molecular complexity index is 918. The van der Waals surface area contributed by atoms with Crippen LogP contribution in [-0.4, -0.2) is 48.7 Å². The predicted octanol–water partition coefficient (Wildman–Crippen LogP) is 2.92. The fraction of sp³-hybridized carbons (Fsp3) is 0.391. The van der Waals surface area contributed by atoms with Crippen molar-refractivity contribution in [2.75, 3.05) is 13.7 Å². The second-order valence-corrected chi connectivity index (χ2v) is 6.96. The normalized spacial score (nSPS) is 12.2. The van der Waals surface area contributed by atoms with Crippen LogP contribution < -0.4 is 19.5 Å². The molecule has 0 saturated carbocycles. The number of amides is 1. The van der Waals surface area contributed by atoms with Gasteiger partial charge in [0.15, 0.2) is 11.4 Å². The van der Waals surface area contributed by atoms with Gasteiger partial charge in [-0.1, -0.05) is 25.1 Å². The Morgan fingerprint density at radius 2 is 1.84 bits per heavy atom. The zero-order valence-electron chi connectivity index (χ0n) is 18.6. The minimum absolute atomic E-state index is 0.120. The van der Waals surface area contributed by atoms with Crippen LogP contribution in [0.2, 0.25) is 0 Å². The molecule has 1 amide bonds. The smallest absolute Gasteiger partial charge is 0.325 e. The summed E-state index contributed by atoms with van der Waals surface area (Å²) >= 11 is 0. The molecule has 2 atom stereocenters. The van der Waals surface area contributed by atoms with Crippen molar-refractivity contribution in [3.05, 3.63) is 48.3 Å². The van der Waals surface area contributed by atoms with Crippen molar-refractivity contribution in [2.45, 2.75) is 45.8 Å². The van der Waals surface area contributed by atoms with Gasteiger partial charge in [0.2, 0.25) is 5.75 Å². The van der Waals surface area contributed by atoms with E-state index in [9.17, 15) is 14.4 Å². The molecule has 1 aromatic carbocycles. The molecule has 2 aromatic rings. The molecule has 0 aliphatic rings. The Balaban J connectivity index is 1.89. The van der Waals surface area contributed by atoms with E-state index in [4.69, 9.17) is 18.9 Å². The molecule has 0 aliphatic heterocycles. The molecule has 0 bridgehead atoms. The summed E-state index contributed by atoms with van der Waals surface area (Å²) in [5.41, 5.74) is -0.178. The molecule has 0 saturated heterocycles. The molecule has 172 valence electrons. The van der Waals surface area contributed by atoms with Gasteiger partial charge in [-0.3, -0.25) is 14.4 Å². The Hall–Kier alpha value is -3.62. The molecule has 1 heterocycles. The highest BCUT2D eigenvalue weighted by Gasteiger charge is 2.22. The predicted molar refractivity (Wildman–Crippen MR) is 116 cm³/mol. The number of nitrogens with one attached hydrogen (secondary N) is 1. The van der Waals surface area contributed by atoms with Crippen molar-refractivity contribution >= 4 is 17.8 Å². The van der Waals surface area contributed by atoms with Crippen molar-refractivity contribution in [1.82, 2.24) is 10.3 Å². The van der Waals surface area contributed by atoms with Crippen molar-refractivity contribution in [1.29, 1.82) is 0 Å². The summed E-state index contributed by atoms with van der Waals surface area (Å²) < 4.78 is 21.5. The first-order chi connectivity index (χ1) is 15.3. The van der Waals surface area contributed by atoms with Gasteiger partial charge in [0.25, 0.3) is 5.91 Å². The van der Waals surface area contributed by atoms with Crippen LogP contribution in [-0.2, 0) is 14.3 Å². The number of rotatable bonds is 11. The lowest BCUT2D eigenvalue weighted by atomic mass is 10.1. The Labute approximate surface area is 187 Å². The molecular formula is C23H28N2O7. The molecule has 9 nitrogen and oxygen atoms in total. The number of hydrogen-bond donors (Lipinski definition) is 1. The first-order valence-electron chi connectivity index (χ1n) is 10.2. The van der Waals surface area contributed by atoms with E-state index in [1.54, 1.807) is 6.92 Å². The molecular weight excluding hydrogens is 416 g/mol. The Morgan fingerprint density at radius 1 is 1.12 bits per heavy atom. The summed E-state index contributed by atoms with van der Waals surface area (Å²) in [7, 11) is 1.37. The number of carbonyl (C=O) groups is 3. The standard InChI is InChI=1S/C23H28N2O7/c1-5-17(32-18-9-7-6-8-10-18)13-15(2)30-20(27)14-25-23(28)21-22(31-16(3)26)19(29-4)11-12-24-21/h6-12,15,17H,5,13-14H2,1-4H3,(H,25,28). The number of esters is 2. The summed E-state index contributed by atoms with van der Waals surface area (Å²) in [4.78, 5) is 40.0. The average molecular weight is 444 g/mol. The molecule has 1 aromatic heterocycles. The van der Waals surface area contributed by atoms with Crippen molar-refractivity contribution in [3.8, 4) is 17.2 Å². The zero-order valence-corrected chi connectivity index (χ0v) is 18.6. The second-order valence-electron chi connectivity index (χ2n) is 6.96. The first kappa shape index (κ1) is 24.6. The Morgan fingerprint density at radius 3 is 2.47 bits per heavy atom. The third kappa shape index (κ3) is 7.57. The molecule has 0 spiro atoms. The molecule has 9 heteroatoms. The lowest BCUT2D eigenvalue weighted by Crippen LogP contribution is -2.34. The van der Waals surface area contributed by atoms with E-state index in [1.807, 2.05) is 37.3 Å². The van der Waals surface area contributed by atoms with E-state index in [2.05, 4.69) is 10.3 Å². The fourth-order valence-electron chi connectivity index (χ4n) is 2.91. The lowest BCUT2D eigenvalue weighted by molar-refractivity contribution is -0.148. The van der Waals surface area contributed by atoms with Gasteiger partial charge in [-0.2, -0.15) is 0 Å². The number of benzene rings is 1. The van der Waals surface area contributed by atoms with E-state index in [-0.39, 0.29) is 29.8 Å². The van der Waals surface area contributed by atoms with Crippen LogP contribution in [0.5, 0.6) is 17.2 Å². The molecule has 0 aliphatic carbocycles. The average Bonchev–Trinajstić information content (AvgIpc) is 2.77. The minimum Gasteiger partial charge on any atom is -0.493 e. The van der Waals surface area contributed by atoms with Gasteiger partial charge in [0.1, 0.15) is 24.5 Å². The third-order valence-electron chi connectivity index (χ3n) is 4.37. The van der Waals surface area contributed by atoms with E-state index in [0.717, 1.165) is 12.2 Å². The second kappa shape index (κ2) is 12.3. The number of ether oxygens (including phenoxy) is 4. The van der Waals surface area contributed by atoms with Gasteiger partial charge in [0, 0.05) is 25.6 Å². The Kier molecular flexibility index (Phi) is 9.46. The first-order valence-corrected chi connectivity index (χ1v) is 10.2. The summed E-state index contributed by atoms with van der Waals surface area (Å²) in [5.74, 6) is -1.16. The summed E-state index contributed by atoms with van der Waals surface area (Å²) in [5, 5.41) is 2.42. The van der Waals surface area contributed by atoms with E-state index < -0.39 is 23.9 Å². The fourth-order valence-corrected chi connectivity index (χ4v) is 2.91. The van der Waals surface area contributed by atoms with Gasteiger partial charge in [-0.15, -0.1) is 0 Å². The number of nitrogens with zero attached hydrogens (tertiary/aromatic N) is 1. The molecule has 0 radical (unpaired) electrons. The van der Waals surface area contributed by atoms with Crippen LogP contribution in [0.1, 0.15) is 44.1 Å². The zero-order chi connectivity index (χ0) is 23.5. The number of pyridine rings is 1. The number of aromatic nitrogens is 1. The minimum atomic E-state index is -0.705. The quantitative estimate of drug-likeness (QED) is 0.527. The van der Waals surface area contributed by atoms with Crippen LogP contribution in [0.25, 0.3) is 0 Å². The summed E-state index contributed by atoms with van der Waals surface area (Å²) in [6, 6.07) is 10.9. The van der Waals surface area contributed by atoms with Crippen LogP contribution in [0.4, 0.5) is 0 Å². The highest BCUT2D eigenvalue weighted by molar-refractivity contribution is 5.98. The lowest BCUT2D eigenvalue weighted by Gasteiger charge is -2.21. The van der Waals surface area contributed by atoms with Gasteiger partial charge >= 0.3 is 11.9 Å². The van der Waals surface area contributed by atoms with E-state index in [0.29, 0.717) is 6.42 Å². The maximum atomic E-state index is 12.5. The number of carbonyl (C=O) groups excluding carboxylic acids is 3. The van der Waals surface area contributed by atoms with Gasteiger partial charge in [-0.05, 0) is 25.5 Å². The van der Waals surface area contributed by atoms with E-state index in [1.165, 1.54) is 26.3 Å². The van der Waals surface area contributed by atoms with Gasteiger partial charge in [-0.25, -0.2) is 4.98 Å². The topological polar surface area (TPSA) is 113 Å². The number of para-hydroxylation sites is 1. The number of hydrogen-bond acceptors (Lipinski definition) is 8. The van der Waals surface area contributed by atoms with Gasteiger partial charge < -0.3 is 24.3 Å². The monoisotopic (exact) mass is 444 g/mol. The van der Waals surface area contributed by atoms with Crippen molar-refractivity contribution in [2.24, 2.45) is 0 Å². The van der Waals surface area contributed by atoms with Crippen LogP contribution in [0, 0.1) is 0 Å². The van der Waals surface area contributed by atoms with Crippen molar-refractivity contribution in [3.63, 3.8) is 0 Å². The highest BCUT2D eigenvalue weighted by atomic mass is 16.6. The largest absolute Gasteiger partial charge is 0.493 e. The van der Waals surface area contributed by atoms with Crippen LogP contribution in [0.15, 0.2) is 42.6 Å². The van der Waals surface area contributed by atoms with Gasteiger partial charge in [0.05, 0.1) is 7.11 Å². The van der Waals surface area contributed by atoms with Crippen LogP contribution in [0.3, 0.4) is 0 Å². The number of methoxy groups -OCH3 is 1. The van der Waals surface area contributed by atoms with Crippen LogP contribution >= 0.6 is 0 Å². The molecule has 0 fully saturated rings. The molecule has 2 unspecified atom stereocenters. The highest BCUT2D eigenvalue weighted by Crippen LogP contribution is 2.29. The SMILES string of the molecule is CCC(CC(C)OC(=O)CNC(=O)c1nccc(OC)c1OC(C)=O)Oc1ccccc1. The summed E-state index contributed by atoms with van der Waals surface area (Å²) in [6.45, 7) is 4.57. The van der Waals surface area contributed by atoms with E-state index >= 15 is 0 Å². The molecule has 2 rings (SSSR count). The maximum absolute atomic E-state index is 12.5. The summed E-state index contributed by atoms with van der Waals surface area (Å²) in [6.07, 6.45) is 2.04. The maximum Gasteiger partial charge on any atom is 0.325 e. The molecule has 1 N–H and O–H groups in total.